The molecule has 0 amide bonds. The molecule has 0 spiro atoms. The van der Waals surface area contributed by atoms with E-state index < -0.39 is 0 Å². The molecule has 7 nitrogen and oxygen atoms in total. The van der Waals surface area contributed by atoms with Gasteiger partial charge in [0.25, 0.3) is 0 Å². The maximum absolute atomic E-state index is 14.0. The lowest BCUT2D eigenvalue weighted by Crippen LogP contribution is -2.24. The van der Waals surface area contributed by atoms with Gasteiger partial charge >= 0.3 is 0 Å². The summed E-state index contributed by atoms with van der Waals surface area (Å²) in [6.45, 7) is 3.46. The minimum Gasteiger partial charge on any atom is -0.365 e. The van der Waals surface area contributed by atoms with Gasteiger partial charge in [-0.2, -0.15) is 5.10 Å². The van der Waals surface area contributed by atoms with Crippen molar-refractivity contribution in [2.24, 2.45) is 5.10 Å². The number of hydrogen-bond donors (Lipinski definition) is 3. The van der Waals surface area contributed by atoms with Crippen LogP contribution in [0.4, 0.5) is 4.39 Å². The fraction of sp³-hybridized carbons (Fsp3) is 0.167. The largest absolute Gasteiger partial charge is 0.365 e. The first-order valence-electron chi connectivity index (χ1n) is 12.5. The summed E-state index contributed by atoms with van der Waals surface area (Å²) in [5.74, 6) is 0.327. The third-order valence-corrected chi connectivity index (χ3v) is 6.53. The number of hydrogen-bond acceptors (Lipinski definition) is 6. The van der Waals surface area contributed by atoms with Crippen LogP contribution in [-0.4, -0.2) is 46.2 Å². The first kappa shape index (κ1) is 23.8. The van der Waals surface area contributed by atoms with Crippen LogP contribution in [0.1, 0.15) is 29.7 Å². The van der Waals surface area contributed by atoms with Crippen molar-refractivity contribution in [3.8, 4) is 11.1 Å². The number of H-pyrrole nitrogens is 1. The molecule has 2 aliphatic rings. The van der Waals surface area contributed by atoms with E-state index in [-0.39, 0.29) is 5.82 Å². The summed E-state index contributed by atoms with van der Waals surface area (Å²) in [6, 6.07) is 16.5. The molecule has 4 aromatic rings. The molecule has 0 fully saturated rings. The van der Waals surface area contributed by atoms with E-state index in [1.807, 2.05) is 36.5 Å². The Morgan fingerprint density at radius 3 is 2.71 bits per heavy atom. The van der Waals surface area contributed by atoms with Crippen LogP contribution in [0, 0.1) is 5.82 Å². The average Bonchev–Trinajstić information content (AvgIpc) is 3.25. The number of rotatable bonds is 5. The number of benzene rings is 2. The van der Waals surface area contributed by atoms with Crippen molar-refractivity contribution in [2.75, 3.05) is 20.6 Å². The molecule has 0 saturated heterocycles. The summed E-state index contributed by atoms with van der Waals surface area (Å²) in [4.78, 5) is 15.5. The molecular weight excluding hydrogens is 477 g/mol. The maximum atomic E-state index is 14.0. The predicted molar refractivity (Wildman–Crippen MR) is 150 cm³/mol. The monoisotopic (exact) mass is 505 g/mol. The van der Waals surface area contributed by atoms with E-state index >= 15 is 0 Å². The standard InChI is InChI=1S/C30H28FN7/c1-18-12-19(17-38(2)3)13-22(15-32-18)25-11-10-21-16-33-37-29(27(21)34-25)30-35-26-9-5-8-24(28(26)36-30)20-6-4-7-23(31)14-20/h4-15,32-33H,16-17H2,1-3H3,(H,35,36). The first-order valence-corrected chi connectivity index (χ1v) is 12.5. The van der Waals surface area contributed by atoms with Gasteiger partial charge in [0.2, 0.25) is 0 Å². The van der Waals surface area contributed by atoms with Crippen molar-refractivity contribution >= 4 is 22.3 Å². The Labute approximate surface area is 220 Å². The molecule has 8 heteroatoms. The summed E-state index contributed by atoms with van der Waals surface area (Å²) in [6.07, 6.45) is 6.32. The van der Waals surface area contributed by atoms with Crippen LogP contribution >= 0.6 is 0 Å². The topological polar surface area (TPSA) is 81.2 Å². The van der Waals surface area contributed by atoms with E-state index in [4.69, 9.17) is 9.97 Å². The molecular formula is C30H28FN7. The van der Waals surface area contributed by atoms with Gasteiger partial charge < -0.3 is 20.6 Å². The van der Waals surface area contributed by atoms with Crippen LogP contribution in [0.2, 0.25) is 0 Å². The van der Waals surface area contributed by atoms with Gasteiger partial charge in [0.05, 0.1) is 29.0 Å². The van der Waals surface area contributed by atoms with Crippen molar-refractivity contribution in [1.29, 1.82) is 0 Å². The fourth-order valence-corrected chi connectivity index (χ4v) is 4.85. The predicted octanol–water partition coefficient (Wildman–Crippen LogP) is 4.96. The molecule has 0 atom stereocenters. The zero-order valence-electron chi connectivity index (χ0n) is 21.5. The lowest BCUT2D eigenvalue weighted by Gasteiger charge is -2.17. The van der Waals surface area contributed by atoms with Crippen LogP contribution < -0.4 is 10.7 Å². The molecule has 0 aliphatic carbocycles. The molecule has 3 N–H and O–H groups in total. The Morgan fingerprint density at radius 2 is 1.87 bits per heavy atom. The van der Waals surface area contributed by atoms with Crippen molar-refractivity contribution < 1.29 is 4.39 Å². The van der Waals surface area contributed by atoms with Gasteiger partial charge in [0, 0.05) is 35.1 Å². The van der Waals surface area contributed by atoms with Crippen molar-refractivity contribution in [1.82, 2.24) is 30.6 Å². The Hall–Kier alpha value is -4.56. The molecule has 38 heavy (non-hydrogen) atoms. The Balaban J connectivity index is 1.41. The Kier molecular flexibility index (Phi) is 6.09. The smallest absolute Gasteiger partial charge is 0.161 e. The van der Waals surface area contributed by atoms with Crippen LogP contribution in [0.5, 0.6) is 0 Å². The van der Waals surface area contributed by atoms with Gasteiger partial charge in [-0.15, -0.1) is 0 Å². The van der Waals surface area contributed by atoms with E-state index in [0.29, 0.717) is 18.1 Å². The summed E-state index contributed by atoms with van der Waals surface area (Å²) in [5.41, 5.74) is 12.9. The normalized spacial score (nSPS) is 15.1. The number of nitrogens with one attached hydrogen (secondary N) is 3. The third-order valence-electron chi connectivity index (χ3n) is 6.53. The summed E-state index contributed by atoms with van der Waals surface area (Å²) in [7, 11) is 4.12. The number of halogens is 1. The molecule has 0 radical (unpaired) electrons. The fourth-order valence-electron chi connectivity index (χ4n) is 4.85. The SMILES string of the molecule is CC1=CC(CN(C)C)=CC(c2ccc3c(n2)C(c2nc4c(-c5cccc(F)c5)cccc4[nH]2)=NNC3)=CN1. The second kappa shape index (κ2) is 9.72. The molecule has 2 aromatic heterocycles. The molecule has 4 heterocycles. The molecule has 2 aromatic carbocycles. The number of allylic oxidation sites excluding steroid dienone is 3. The van der Waals surface area contributed by atoms with Crippen molar-refractivity contribution in [2.45, 2.75) is 13.5 Å². The summed E-state index contributed by atoms with van der Waals surface area (Å²) in [5, 5.41) is 7.97. The lowest BCUT2D eigenvalue weighted by atomic mass is 10.0. The minimum absolute atomic E-state index is 0.280. The first-order chi connectivity index (χ1) is 18.4. The minimum atomic E-state index is -0.280. The zero-order valence-corrected chi connectivity index (χ0v) is 21.5. The number of nitrogens with zero attached hydrogens (tertiary/aromatic N) is 4. The average molecular weight is 506 g/mol. The van der Waals surface area contributed by atoms with Crippen LogP contribution in [-0.2, 0) is 6.54 Å². The van der Waals surface area contributed by atoms with E-state index in [0.717, 1.165) is 56.9 Å². The van der Waals surface area contributed by atoms with Gasteiger partial charge in [-0.05, 0) is 68.6 Å². The quantitative estimate of drug-likeness (QED) is 0.357. The number of para-hydroxylation sites is 1. The summed E-state index contributed by atoms with van der Waals surface area (Å²) < 4.78 is 14.0. The van der Waals surface area contributed by atoms with E-state index in [1.165, 1.54) is 17.7 Å². The molecule has 2 aliphatic heterocycles. The van der Waals surface area contributed by atoms with Gasteiger partial charge in [0.15, 0.2) is 11.5 Å². The Morgan fingerprint density at radius 1 is 1.00 bits per heavy atom. The second-order valence-corrected chi connectivity index (χ2v) is 9.83. The highest BCUT2D eigenvalue weighted by atomic mass is 19.1. The molecule has 190 valence electrons. The van der Waals surface area contributed by atoms with E-state index in [9.17, 15) is 4.39 Å². The van der Waals surface area contributed by atoms with Gasteiger partial charge in [0.1, 0.15) is 5.82 Å². The van der Waals surface area contributed by atoms with E-state index in [2.05, 4.69) is 65.0 Å². The molecule has 0 saturated carbocycles. The van der Waals surface area contributed by atoms with Gasteiger partial charge in [-0.25, -0.2) is 14.4 Å². The van der Waals surface area contributed by atoms with Crippen molar-refractivity contribution in [3.63, 3.8) is 0 Å². The molecule has 0 unspecified atom stereocenters. The number of fused-ring (bicyclic) bond motifs is 2. The van der Waals surface area contributed by atoms with Gasteiger partial charge in [-0.1, -0.05) is 30.3 Å². The molecule has 0 bridgehead atoms. The number of imidazole rings is 1. The highest BCUT2D eigenvalue weighted by Crippen LogP contribution is 2.29. The van der Waals surface area contributed by atoms with Crippen LogP contribution in [0.25, 0.3) is 27.7 Å². The maximum Gasteiger partial charge on any atom is 0.161 e. The number of aromatic nitrogens is 3. The molecule has 6 rings (SSSR count). The van der Waals surface area contributed by atoms with Crippen LogP contribution in [0.15, 0.2) is 89.3 Å². The zero-order chi connectivity index (χ0) is 26.2. The number of pyridine rings is 1. The summed E-state index contributed by atoms with van der Waals surface area (Å²) >= 11 is 0. The highest BCUT2D eigenvalue weighted by molar-refractivity contribution is 6.12. The number of hydrazone groups is 1. The Bertz CT molecular complexity index is 1670. The van der Waals surface area contributed by atoms with Crippen molar-refractivity contribution in [3.05, 3.63) is 113 Å². The highest BCUT2D eigenvalue weighted by Gasteiger charge is 2.23. The number of likely N-dealkylation sites (N-methyl/N-ethyl adjacent to an activating group) is 1. The van der Waals surface area contributed by atoms with E-state index in [1.54, 1.807) is 6.07 Å². The second-order valence-electron chi connectivity index (χ2n) is 9.83. The number of aromatic amines is 1. The van der Waals surface area contributed by atoms with Crippen LogP contribution in [0.3, 0.4) is 0 Å². The lowest BCUT2D eigenvalue weighted by molar-refractivity contribution is 0.449. The third kappa shape index (κ3) is 4.62. The van der Waals surface area contributed by atoms with Gasteiger partial charge in [-0.3, -0.25) is 0 Å².